The van der Waals surface area contributed by atoms with Crippen LogP contribution in [-0.2, 0) is 6.42 Å². The zero-order valence-corrected chi connectivity index (χ0v) is 19.7. The van der Waals surface area contributed by atoms with Crippen LogP contribution >= 0.6 is 0 Å². The van der Waals surface area contributed by atoms with E-state index in [0.717, 1.165) is 48.2 Å². The van der Waals surface area contributed by atoms with Crippen LogP contribution in [-0.4, -0.2) is 58.6 Å². The average Bonchev–Trinajstić information content (AvgIpc) is 3.22. The molecule has 7 heteroatoms. The largest absolute Gasteiger partial charge is 0.406 e. The van der Waals surface area contributed by atoms with Gasteiger partial charge in [0.1, 0.15) is 12.2 Å². The molecule has 1 aliphatic rings. The van der Waals surface area contributed by atoms with E-state index in [9.17, 15) is 18.0 Å². The Kier molecular flexibility index (Phi) is 7.03. The van der Waals surface area contributed by atoms with E-state index in [1.165, 1.54) is 5.56 Å². The minimum atomic E-state index is -4.44. The van der Waals surface area contributed by atoms with Gasteiger partial charge in [0.15, 0.2) is 0 Å². The molecule has 4 nitrogen and oxygen atoms in total. The standard InChI is InChI=1S/C27H32F3N3O/c1-26(2,17-20-8-4-3-5-9-20)33-14-12-21(13-15-33)18-32(19-27(28,29)30)25(34)24-16-22-10-6-7-11-23(22)31-24/h3-11,16,21,31H,12-15,17-19H2,1-2H3. The van der Waals surface area contributed by atoms with Gasteiger partial charge in [-0.2, -0.15) is 13.2 Å². The third kappa shape index (κ3) is 6.00. The van der Waals surface area contributed by atoms with Gasteiger partial charge in [-0.25, -0.2) is 0 Å². The number of benzene rings is 2. The lowest BCUT2D eigenvalue weighted by Crippen LogP contribution is -2.51. The number of para-hydroxylation sites is 1. The first-order valence-corrected chi connectivity index (χ1v) is 11.8. The number of piperidine rings is 1. The number of rotatable bonds is 7. The van der Waals surface area contributed by atoms with E-state index in [0.29, 0.717) is 0 Å². The molecule has 1 saturated heterocycles. The monoisotopic (exact) mass is 471 g/mol. The van der Waals surface area contributed by atoms with Crippen LogP contribution in [0.1, 0.15) is 42.7 Å². The van der Waals surface area contributed by atoms with Crippen LogP contribution in [0.15, 0.2) is 60.7 Å². The van der Waals surface area contributed by atoms with E-state index < -0.39 is 18.6 Å². The SMILES string of the molecule is CC(C)(Cc1ccccc1)N1CCC(CN(CC(F)(F)F)C(=O)c2cc3ccccc3[nH]2)CC1. The fraction of sp³-hybridized carbons (Fsp3) is 0.444. The van der Waals surface area contributed by atoms with Crippen molar-refractivity contribution in [3.63, 3.8) is 0 Å². The van der Waals surface area contributed by atoms with Crippen molar-refractivity contribution in [3.05, 3.63) is 71.9 Å². The number of nitrogens with zero attached hydrogens (tertiary/aromatic N) is 2. The molecule has 0 atom stereocenters. The number of aromatic amines is 1. The molecule has 182 valence electrons. The Balaban J connectivity index is 1.41. The van der Waals surface area contributed by atoms with E-state index in [4.69, 9.17) is 0 Å². The van der Waals surface area contributed by atoms with Crippen LogP contribution < -0.4 is 0 Å². The topological polar surface area (TPSA) is 39.3 Å². The maximum atomic E-state index is 13.4. The minimum Gasteiger partial charge on any atom is -0.351 e. The van der Waals surface area contributed by atoms with Crippen molar-refractivity contribution in [1.29, 1.82) is 0 Å². The van der Waals surface area contributed by atoms with Crippen LogP contribution in [0.5, 0.6) is 0 Å². The lowest BCUT2D eigenvalue weighted by atomic mass is 9.88. The quantitative estimate of drug-likeness (QED) is 0.466. The third-order valence-corrected chi connectivity index (χ3v) is 6.85. The summed E-state index contributed by atoms with van der Waals surface area (Å²) in [5, 5.41) is 0.812. The van der Waals surface area contributed by atoms with Crippen molar-refractivity contribution < 1.29 is 18.0 Å². The molecule has 34 heavy (non-hydrogen) atoms. The Labute approximate surface area is 198 Å². The average molecular weight is 472 g/mol. The first-order chi connectivity index (χ1) is 16.1. The molecule has 0 bridgehead atoms. The maximum Gasteiger partial charge on any atom is 0.406 e. The molecule has 2 aromatic carbocycles. The first kappa shape index (κ1) is 24.3. The molecule has 1 aliphatic heterocycles. The summed E-state index contributed by atoms with van der Waals surface area (Å²) in [5.41, 5.74) is 2.17. The van der Waals surface area contributed by atoms with Gasteiger partial charge in [0.25, 0.3) is 5.91 Å². The molecule has 3 aromatic rings. The summed E-state index contributed by atoms with van der Waals surface area (Å²) in [5.74, 6) is -0.556. The number of amides is 1. The maximum absolute atomic E-state index is 13.4. The van der Waals surface area contributed by atoms with Crippen molar-refractivity contribution >= 4 is 16.8 Å². The van der Waals surface area contributed by atoms with Crippen LogP contribution in [0.4, 0.5) is 13.2 Å². The van der Waals surface area contributed by atoms with Gasteiger partial charge in [0.05, 0.1) is 0 Å². The molecule has 2 heterocycles. The number of carbonyl (C=O) groups excluding carboxylic acids is 1. The number of aromatic nitrogens is 1. The van der Waals surface area contributed by atoms with E-state index in [1.807, 2.05) is 42.5 Å². The summed E-state index contributed by atoms with van der Waals surface area (Å²) >= 11 is 0. The van der Waals surface area contributed by atoms with Gasteiger partial charge in [-0.15, -0.1) is 0 Å². The Bertz CT molecular complexity index is 1070. The fourth-order valence-electron chi connectivity index (χ4n) is 5.03. The molecule has 0 spiro atoms. The predicted octanol–water partition coefficient (Wildman–Crippen LogP) is 5.91. The highest BCUT2D eigenvalue weighted by atomic mass is 19.4. The van der Waals surface area contributed by atoms with Crippen molar-refractivity contribution in [2.24, 2.45) is 5.92 Å². The molecule has 1 aromatic heterocycles. The van der Waals surface area contributed by atoms with Crippen LogP contribution in [0.2, 0.25) is 0 Å². The first-order valence-electron chi connectivity index (χ1n) is 11.8. The van der Waals surface area contributed by atoms with Gasteiger partial charge >= 0.3 is 6.18 Å². The Morgan fingerprint density at radius 3 is 2.32 bits per heavy atom. The summed E-state index contributed by atoms with van der Waals surface area (Å²) in [7, 11) is 0. The zero-order valence-electron chi connectivity index (χ0n) is 19.7. The molecule has 0 radical (unpaired) electrons. The summed E-state index contributed by atoms with van der Waals surface area (Å²) in [6.45, 7) is 4.93. The highest BCUT2D eigenvalue weighted by Gasteiger charge is 2.36. The highest BCUT2D eigenvalue weighted by molar-refractivity contribution is 5.98. The van der Waals surface area contributed by atoms with Gasteiger partial charge in [0.2, 0.25) is 0 Å². The molecular weight excluding hydrogens is 439 g/mol. The number of likely N-dealkylation sites (tertiary alicyclic amines) is 1. The second-order valence-corrected chi connectivity index (χ2v) is 9.98. The Hall–Kier alpha value is -2.80. The van der Waals surface area contributed by atoms with Gasteiger partial charge in [0, 0.05) is 23.0 Å². The number of hydrogen-bond acceptors (Lipinski definition) is 2. The molecular formula is C27H32F3N3O. The van der Waals surface area contributed by atoms with E-state index >= 15 is 0 Å². The Morgan fingerprint density at radius 1 is 1.03 bits per heavy atom. The fourth-order valence-corrected chi connectivity index (χ4v) is 5.03. The smallest absolute Gasteiger partial charge is 0.351 e. The molecule has 4 rings (SSSR count). The van der Waals surface area contributed by atoms with E-state index in [-0.39, 0.29) is 23.7 Å². The van der Waals surface area contributed by atoms with E-state index in [1.54, 1.807) is 6.07 Å². The Morgan fingerprint density at radius 2 is 1.68 bits per heavy atom. The second kappa shape index (κ2) is 9.82. The minimum absolute atomic E-state index is 0.0412. The number of H-pyrrole nitrogens is 1. The summed E-state index contributed by atoms with van der Waals surface area (Å²) in [6.07, 6.45) is -1.99. The second-order valence-electron chi connectivity index (χ2n) is 9.98. The van der Waals surface area contributed by atoms with Crippen molar-refractivity contribution in [2.75, 3.05) is 26.2 Å². The van der Waals surface area contributed by atoms with E-state index in [2.05, 4.69) is 35.9 Å². The number of hydrogen-bond donors (Lipinski definition) is 1. The number of nitrogens with one attached hydrogen (secondary N) is 1. The molecule has 1 amide bonds. The van der Waals surface area contributed by atoms with Gasteiger partial charge in [-0.05, 0) is 69.8 Å². The molecule has 1 N–H and O–H groups in total. The molecule has 0 aliphatic carbocycles. The van der Waals surface area contributed by atoms with Gasteiger partial charge in [-0.3, -0.25) is 9.69 Å². The summed E-state index contributed by atoms with van der Waals surface area (Å²) in [4.78, 5) is 19.5. The summed E-state index contributed by atoms with van der Waals surface area (Å²) in [6, 6.07) is 19.3. The lowest BCUT2D eigenvalue weighted by molar-refractivity contribution is -0.142. The van der Waals surface area contributed by atoms with Crippen molar-refractivity contribution in [1.82, 2.24) is 14.8 Å². The number of fused-ring (bicyclic) bond motifs is 1. The lowest BCUT2D eigenvalue weighted by Gasteiger charge is -2.44. The predicted molar refractivity (Wildman–Crippen MR) is 129 cm³/mol. The zero-order chi connectivity index (χ0) is 24.3. The van der Waals surface area contributed by atoms with Crippen molar-refractivity contribution in [3.8, 4) is 0 Å². The van der Waals surface area contributed by atoms with Crippen LogP contribution in [0, 0.1) is 5.92 Å². The third-order valence-electron chi connectivity index (χ3n) is 6.85. The summed E-state index contributed by atoms with van der Waals surface area (Å²) < 4.78 is 40.1. The number of halogens is 3. The van der Waals surface area contributed by atoms with Gasteiger partial charge < -0.3 is 9.88 Å². The highest BCUT2D eigenvalue weighted by Crippen LogP contribution is 2.29. The van der Waals surface area contributed by atoms with Crippen LogP contribution in [0.3, 0.4) is 0 Å². The van der Waals surface area contributed by atoms with Crippen molar-refractivity contribution in [2.45, 2.75) is 44.8 Å². The molecule has 0 saturated carbocycles. The number of carbonyl (C=O) groups is 1. The van der Waals surface area contributed by atoms with Gasteiger partial charge in [-0.1, -0.05) is 48.5 Å². The molecule has 0 unspecified atom stereocenters. The number of alkyl halides is 3. The van der Waals surface area contributed by atoms with Crippen LogP contribution in [0.25, 0.3) is 10.9 Å². The normalized spacial score (nSPS) is 16.1. The molecule has 1 fully saturated rings.